The van der Waals surface area contributed by atoms with Crippen molar-refractivity contribution in [1.82, 2.24) is 0 Å². The van der Waals surface area contributed by atoms with Gasteiger partial charge in [-0.1, -0.05) is 36.9 Å². The molecule has 1 aromatic rings. The van der Waals surface area contributed by atoms with E-state index in [-0.39, 0.29) is 0 Å². The first-order valence-corrected chi connectivity index (χ1v) is 6.79. The lowest BCUT2D eigenvalue weighted by Gasteiger charge is -2.24. The summed E-state index contributed by atoms with van der Waals surface area (Å²) in [6, 6.07) is 7.76. The molecule has 1 aliphatic carbocycles. The predicted octanol–water partition coefficient (Wildman–Crippen LogP) is 3.96. The summed E-state index contributed by atoms with van der Waals surface area (Å²) in [4.78, 5) is 0. The van der Waals surface area contributed by atoms with Crippen molar-refractivity contribution in [3.05, 3.63) is 29.3 Å². The minimum Gasteiger partial charge on any atom is -0.383 e. The molecule has 1 fully saturated rings. The Morgan fingerprint density at radius 3 is 2.88 bits per heavy atom. The summed E-state index contributed by atoms with van der Waals surface area (Å²) in [7, 11) is 0. The Balaban J connectivity index is 1.50. The van der Waals surface area contributed by atoms with Gasteiger partial charge in [0.05, 0.1) is 6.61 Å². The van der Waals surface area contributed by atoms with E-state index in [1.807, 2.05) is 24.3 Å². The smallest absolute Gasteiger partial charge is 0.0639 e. The molecule has 0 aromatic heterocycles. The molecular formula is C14H20ClNO. The Labute approximate surface area is 108 Å². The first kappa shape index (κ1) is 12.7. The SMILES string of the molecule is Clc1cccc(NCCOCCC2CCC2)c1. The van der Waals surface area contributed by atoms with Crippen LogP contribution in [-0.4, -0.2) is 19.8 Å². The second-order valence-corrected chi connectivity index (χ2v) is 5.07. The van der Waals surface area contributed by atoms with E-state index in [9.17, 15) is 0 Å². The molecule has 0 saturated heterocycles. The van der Waals surface area contributed by atoms with Gasteiger partial charge in [0.2, 0.25) is 0 Å². The highest BCUT2D eigenvalue weighted by Crippen LogP contribution is 2.29. The van der Waals surface area contributed by atoms with Crippen LogP contribution in [0.4, 0.5) is 5.69 Å². The summed E-state index contributed by atoms with van der Waals surface area (Å²) in [5.74, 6) is 0.941. The summed E-state index contributed by atoms with van der Waals surface area (Å²) < 4.78 is 5.60. The normalized spacial score (nSPS) is 15.6. The number of rotatable bonds is 7. The maximum atomic E-state index is 5.89. The summed E-state index contributed by atoms with van der Waals surface area (Å²) in [5.41, 5.74) is 1.06. The van der Waals surface area contributed by atoms with Crippen molar-refractivity contribution in [2.24, 2.45) is 5.92 Å². The Hall–Kier alpha value is -0.730. The Kier molecular flexibility index (Phi) is 5.14. The molecule has 0 amide bonds. The van der Waals surface area contributed by atoms with Crippen LogP contribution in [0.15, 0.2) is 24.3 Å². The Morgan fingerprint density at radius 2 is 2.18 bits per heavy atom. The van der Waals surface area contributed by atoms with E-state index >= 15 is 0 Å². The highest BCUT2D eigenvalue weighted by atomic mass is 35.5. The van der Waals surface area contributed by atoms with Crippen molar-refractivity contribution in [2.45, 2.75) is 25.7 Å². The van der Waals surface area contributed by atoms with Crippen molar-refractivity contribution in [3.63, 3.8) is 0 Å². The molecular weight excluding hydrogens is 234 g/mol. The third-order valence-electron chi connectivity index (χ3n) is 3.30. The zero-order chi connectivity index (χ0) is 11.9. The second-order valence-electron chi connectivity index (χ2n) is 4.64. The zero-order valence-corrected chi connectivity index (χ0v) is 10.9. The molecule has 0 aliphatic heterocycles. The molecule has 1 saturated carbocycles. The fraction of sp³-hybridized carbons (Fsp3) is 0.571. The van der Waals surface area contributed by atoms with E-state index in [4.69, 9.17) is 16.3 Å². The van der Waals surface area contributed by atoms with Crippen LogP contribution in [0.3, 0.4) is 0 Å². The van der Waals surface area contributed by atoms with Crippen LogP contribution >= 0.6 is 11.6 Å². The lowest BCUT2D eigenvalue weighted by Crippen LogP contribution is -2.15. The number of ether oxygens (including phenoxy) is 1. The van der Waals surface area contributed by atoms with Crippen LogP contribution < -0.4 is 5.32 Å². The average molecular weight is 254 g/mol. The van der Waals surface area contributed by atoms with Gasteiger partial charge in [0, 0.05) is 23.9 Å². The lowest BCUT2D eigenvalue weighted by molar-refractivity contribution is 0.114. The molecule has 2 rings (SSSR count). The largest absolute Gasteiger partial charge is 0.383 e. The number of hydrogen-bond donors (Lipinski definition) is 1. The van der Waals surface area contributed by atoms with E-state index in [2.05, 4.69) is 5.32 Å². The number of benzene rings is 1. The molecule has 17 heavy (non-hydrogen) atoms. The predicted molar refractivity (Wildman–Crippen MR) is 72.7 cm³/mol. The van der Waals surface area contributed by atoms with Gasteiger partial charge in [-0.15, -0.1) is 0 Å². The third kappa shape index (κ3) is 4.57. The average Bonchev–Trinajstić information content (AvgIpc) is 2.25. The van der Waals surface area contributed by atoms with Crippen molar-refractivity contribution >= 4 is 17.3 Å². The number of nitrogens with one attached hydrogen (secondary N) is 1. The standard InChI is InChI=1S/C14H20ClNO/c15-13-5-2-6-14(11-13)16-8-10-17-9-7-12-3-1-4-12/h2,5-6,11-12,16H,1,3-4,7-10H2. The molecule has 0 spiro atoms. The molecule has 0 heterocycles. The first-order chi connectivity index (χ1) is 8.34. The molecule has 3 heteroatoms. The fourth-order valence-electron chi connectivity index (χ4n) is 2.00. The first-order valence-electron chi connectivity index (χ1n) is 6.42. The minimum absolute atomic E-state index is 0.763. The molecule has 94 valence electrons. The topological polar surface area (TPSA) is 21.3 Å². The van der Waals surface area contributed by atoms with E-state index < -0.39 is 0 Å². The summed E-state index contributed by atoms with van der Waals surface area (Å²) >= 11 is 5.89. The Morgan fingerprint density at radius 1 is 1.29 bits per heavy atom. The number of anilines is 1. The van der Waals surface area contributed by atoms with E-state index in [1.54, 1.807) is 0 Å². The minimum atomic E-state index is 0.763. The fourth-order valence-corrected chi connectivity index (χ4v) is 2.19. The molecule has 0 unspecified atom stereocenters. The van der Waals surface area contributed by atoms with Crippen molar-refractivity contribution < 1.29 is 4.74 Å². The lowest BCUT2D eigenvalue weighted by atomic mass is 9.83. The Bertz CT molecular complexity index is 339. The van der Waals surface area contributed by atoms with Crippen LogP contribution in [0, 0.1) is 5.92 Å². The summed E-state index contributed by atoms with van der Waals surface area (Å²) in [6.45, 7) is 2.51. The van der Waals surface area contributed by atoms with Gasteiger partial charge >= 0.3 is 0 Å². The summed E-state index contributed by atoms with van der Waals surface area (Å²) in [6.07, 6.45) is 5.46. The monoisotopic (exact) mass is 253 g/mol. The van der Waals surface area contributed by atoms with Crippen LogP contribution in [0.25, 0.3) is 0 Å². The van der Waals surface area contributed by atoms with Crippen LogP contribution in [0.5, 0.6) is 0 Å². The van der Waals surface area contributed by atoms with Crippen molar-refractivity contribution in [1.29, 1.82) is 0 Å². The summed E-state index contributed by atoms with van der Waals surface area (Å²) in [5, 5.41) is 4.06. The van der Waals surface area contributed by atoms with Crippen molar-refractivity contribution in [2.75, 3.05) is 25.1 Å². The van der Waals surface area contributed by atoms with Crippen LogP contribution in [-0.2, 0) is 4.74 Å². The van der Waals surface area contributed by atoms with Crippen LogP contribution in [0.2, 0.25) is 5.02 Å². The van der Waals surface area contributed by atoms with Gasteiger partial charge in [-0.25, -0.2) is 0 Å². The third-order valence-corrected chi connectivity index (χ3v) is 3.53. The molecule has 0 atom stereocenters. The molecule has 1 aromatic carbocycles. The highest BCUT2D eigenvalue weighted by molar-refractivity contribution is 6.30. The molecule has 1 N–H and O–H groups in total. The molecule has 0 radical (unpaired) electrons. The van der Waals surface area contributed by atoms with Gasteiger partial charge in [0.15, 0.2) is 0 Å². The quantitative estimate of drug-likeness (QED) is 0.743. The van der Waals surface area contributed by atoms with Gasteiger partial charge in [-0.2, -0.15) is 0 Å². The van der Waals surface area contributed by atoms with Gasteiger partial charge in [0.25, 0.3) is 0 Å². The van der Waals surface area contributed by atoms with Crippen LogP contribution in [0.1, 0.15) is 25.7 Å². The van der Waals surface area contributed by atoms with Gasteiger partial charge in [-0.05, 0) is 30.5 Å². The van der Waals surface area contributed by atoms with E-state index in [0.717, 1.165) is 36.4 Å². The van der Waals surface area contributed by atoms with Crippen molar-refractivity contribution in [3.8, 4) is 0 Å². The maximum Gasteiger partial charge on any atom is 0.0639 e. The van der Waals surface area contributed by atoms with Gasteiger partial charge in [-0.3, -0.25) is 0 Å². The molecule has 2 nitrogen and oxygen atoms in total. The number of halogens is 1. The van der Waals surface area contributed by atoms with Gasteiger partial charge < -0.3 is 10.1 Å². The zero-order valence-electron chi connectivity index (χ0n) is 10.1. The molecule has 0 bridgehead atoms. The highest BCUT2D eigenvalue weighted by Gasteiger charge is 2.16. The second kappa shape index (κ2) is 6.87. The van der Waals surface area contributed by atoms with Gasteiger partial charge in [0.1, 0.15) is 0 Å². The molecule has 1 aliphatic rings. The maximum absolute atomic E-state index is 5.89. The van der Waals surface area contributed by atoms with E-state index in [0.29, 0.717) is 0 Å². The number of hydrogen-bond acceptors (Lipinski definition) is 2. The van der Waals surface area contributed by atoms with E-state index in [1.165, 1.54) is 25.7 Å².